The van der Waals surface area contributed by atoms with Gasteiger partial charge in [-0.1, -0.05) is 0 Å². The molecule has 124 valence electrons. The topological polar surface area (TPSA) is 84.0 Å². The summed E-state index contributed by atoms with van der Waals surface area (Å²) in [5.41, 5.74) is 1.28. The van der Waals surface area contributed by atoms with E-state index in [4.69, 9.17) is 4.42 Å². The minimum Gasteiger partial charge on any atom is -0.508 e. The molecule has 1 aromatic heterocycles. The van der Waals surface area contributed by atoms with Gasteiger partial charge in [-0.2, -0.15) is 0 Å². The number of quaternary nitrogens is 1. The molecule has 1 amide bonds. The number of carbonyl (C=O) groups is 1. The van der Waals surface area contributed by atoms with Crippen molar-refractivity contribution in [2.45, 2.75) is 33.4 Å². The quantitative estimate of drug-likeness (QED) is 0.694. The molecule has 0 spiro atoms. The first kappa shape index (κ1) is 17.0. The van der Waals surface area contributed by atoms with Crippen LogP contribution in [0.4, 0.5) is 0 Å². The monoisotopic (exact) mass is 319 g/mol. The van der Waals surface area contributed by atoms with Gasteiger partial charge in [-0.15, -0.1) is 0 Å². The van der Waals surface area contributed by atoms with Gasteiger partial charge in [0.05, 0.1) is 7.05 Å². The second-order valence-corrected chi connectivity index (χ2v) is 6.21. The first-order chi connectivity index (χ1) is 10.8. The second kappa shape index (κ2) is 6.83. The average Bonchev–Trinajstić information content (AvgIpc) is 2.42. The molecule has 6 heteroatoms. The van der Waals surface area contributed by atoms with Crippen molar-refractivity contribution in [2.75, 3.05) is 13.6 Å². The van der Waals surface area contributed by atoms with Gasteiger partial charge in [0.2, 0.25) is 0 Å². The minimum atomic E-state index is -0.458. The van der Waals surface area contributed by atoms with Crippen molar-refractivity contribution in [2.24, 2.45) is 0 Å². The third kappa shape index (κ3) is 4.10. The van der Waals surface area contributed by atoms with Crippen LogP contribution in [0.5, 0.6) is 5.75 Å². The molecule has 0 radical (unpaired) electrons. The second-order valence-electron chi connectivity index (χ2n) is 6.21. The van der Waals surface area contributed by atoms with Crippen molar-refractivity contribution in [1.82, 2.24) is 5.32 Å². The van der Waals surface area contributed by atoms with E-state index in [2.05, 4.69) is 5.32 Å². The SMILES string of the molecule is Cc1c(O)ccc2c(C[NH+](C)CC(=O)NC(C)C)cc(=O)oc12. The van der Waals surface area contributed by atoms with Crippen LogP contribution in [0.1, 0.15) is 25.0 Å². The Kier molecular flexibility index (Phi) is 5.05. The van der Waals surface area contributed by atoms with Gasteiger partial charge in [0, 0.05) is 28.6 Å². The van der Waals surface area contributed by atoms with Gasteiger partial charge in [0.15, 0.2) is 6.54 Å². The van der Waals surface area contributed by atoms with Gasteiger partial charge >= 0.3 is 5.63 Å². The lowest BCUT2D eigenvalue weighted by Crippen LogP contribution is -3.09. The number of rotatable bonds is 5. The molecule has 0 bridgehead atoms. The largest absolute Gasteiger partial charge is 0.508 e. The fraction of sp³-hybridized carbons (Fsp3) is 0.412. The Bertz CT molecular complexity index is 780. The van der Waals surface area contributed by atoms with Crippen LogP contribution in [-0.4, -0.2) is 30.6 Å². The molecule has 1 unspecified atom stereocenters. The van der Waals surface area contributed by atoms with E-state index < -0.39 is 5.63 Å². The van der Waals surface area contributed by atoms with Gasteiger partial charge in [0.1, 0.15) is 17.9 Å². The standard InChI is InChI=1S/C17H22N2O4/c1-10(2)18-15(21)9-19(4)8-12-7-16(22)23-17-11(3)14(20)6-5-13(12)17/h5-7,10,20H,8-9H2,1-4H3,(H,18,21)/p+1. The third-order valence-corrected chi connectivity index (χ3v) is 3.62. The van der Waals surface area contributed by atoms with E-state index in [1.807, 2.05) is 20.9 Å². The van der Waals surface area contributed by atoms with Crippen molar-refractivity contribution in [3.63, 3.8) is 0 Å². The first-order valence-electron chi connectivity index (χ1n) is 7.64. The Labute approximate surface area is 134 Å². The van der Waals surface area contributed by atoms with Crippen molar-refractivity contribution in [1.29, 1.82) is 0 Å². The molecule has 0 fully saturated rings. The molecule has 23 heavy (non-hydrogen) atoms. The number of nitrogens with one attached hydrogen (secondary N) is 2. The van der Waals surface area contributed by atoms with Gasteiger partial charge in [-0.25, -0.2) is 4.79 Å². The molecule has 1 aromatic carbocycles. The molecule has 0 aliphatic heterocycles. The highest BCUT2D eigenvalue weighted by Crippen LogP contribution is 2.26. The zero-order chi connectivity index (χ0) is 17.1. The smallest absolute Gasteiger partial charge is 0.336 e. The third-order valence-electron chi connectivity index (χ3n) is 3.62. The van der Waals surface area contributed by atoms with Gasteiger partial charge < -0.3 is 19.7 Å². The lowest BCUT2D eigenvalue weighted by molar-refractivity contribution is -0.885. The highest BCUT2D eigenvalue weighted by molar-refractivity contribution is 5.84. The lowest BCUT2D eigenvalue weighted by atomic mass is 10.1. The zero-order valence-electron chi connectivity index (χ0n) is 13.9. The number of carbonyl (C=O) groups excluding carboxylic acids is 1. The number of aryl methyl sites for hydroxylation is 1. The van der Waals surface area contributed by atoms with Crippen molar-refractivity contribution < 1.29 is 19.2 Å². The Morgan fingerprint density at radius 2 is 2.09 bits per heavy atom. The first-order valence-corrected chi connectivity index (χ1v) is 7.64. The van der Waals surface area contributed by atoms with Crippen molar-refractivity contribution in [3.05, 3.63) is 39.7 Å². The average molecular weight is 319 g/mol. The fourth-order valence-corrected chi connectivity index (χ4v) is 2.60. The predicted molar refractivity (Wildman–Crippen MR) is 87.6 cm³/mol. The summed E-state index contributed by atoms with van der Waals surface area (Å²) in [7, 11) is 1.90. The molecular weight excluding hydrogens is 296 g/mol. The Morgan fingerprint density at radius 3 is 2.74 bits per heavy atom. The summed E-state index contributed by atoms with van der Waals surface area (Å²) < 4.78 is 5.23. The van der Waals surface area contributed by atoms with Crippen LogP contribution in [0.3, 0.4) is 0 Å². The lowest BCUT2D eigenvalue weighted by Gasteiger charge is -2.16. The number of likely N-dealkylation sites (N-methyl/N-ethyl adjacent to an activating group) is 1. The minimum absolute atomic E-state index is 0.0291. The molecule has 0 saturated carbocycles. The van der Waals surface area contributed by atoms with E-state index in [1.165, 1.54) is 6.07 Å². The summed E-state index contributed by atoms with van der Waals surface area (Å²) in [6.45, 7) is 6.36. The van der Waals surface area contributed by atoms with Crippen molar-refractivity contribution >= 4 is 16.9 Å². The normalized spacial score (nSPS) is 12.6. The highest BCUT2D eigenvalue weighted by atomic mass is 16.4. The number of benzene rings is 1. The van der Waals surface area contributed by atoms with Gasteiger partial charge in [0.25, 0.3) is 5.91 Å². The maximum absolute atomic E-state index is 11.8. The van der Waals surface area contributed by atoms with Crippen LogP contribution < -0.4 is 15.8 Å². The Hall–Kier alpha value is -2.34. The number of amides is 1. The van der Waals surface area contributed by atoms with Crippen LogP contribution in [-0.2, 0) is 11.3 Å². The maximum Gasteiger partial charge on any atom is 0.336 e. The Balaban J connectivity index is 2.28. The van der Waals surface area contributed by atoms with E-state index in [0.717, 1.165) is 15.8 Å². The number of hydrogen-bond donors (Lipinski definition) is 3. The van der Waals surface area contributed by atoms with Crippen molar-refractivity contribution in [3.8, 4) is 5.75 Å². The highest BCUT2D eigenvalue weighted by Gasteiger charge is 2.16. The summed E-state index contributed by atoms with van der Waals surface area (Å²) in [6.07, 6.45) is 0. The summed E-state index contributed by atoms with van der Waals surface area (Å²) in [4.78, 5) is 24.6. The number of hydrogen-bond acceptors (Lipinski definition) is 4. The van der Waals surface area contributed by atoms with Crippen LogP contribution >= 0.6 is 0 Å². The predicted octanol–water partition coefficient (Wildman–Crippen LogP) is 0.346. The van der Waals surface area contributed by atoms with Gasteiger partial charge in [-0.05, 0) is 32.9 Å². The van der Waals surface area contributed by atoms with Crippen LogP contribution in [0.2, 0.25) is 0 Å². The summed E-state index contributed by atoms with van der Waals surface area (Å²) in [5, 5.41) is 13.4. The number of phenolic OH excluding ortho intramolecular Hbond substituents is 1. The number of aromatic hydroxyl groups is 1. The molecule has 2 rings (SSSR count). The molecule has 0 aliphatic carbocycles. The van der Waals surface area contributed by atoms with E-state index in [0.29, 0.717) is 24.2 Å². The van der Waals surface area contributed by atoms with Crippen LogP contribution in [0.15, 0.2) is 27.4 Å². The van der Waals surface area contributed by atoms with Gasteiger partial charge in [-0.3, -0.25) is 4.79 Å². The van der Waals surface area contributed by atoms with E-state index in [1.54, 1.807) is 19.1 Å². The molecule has 0 saturated heterocycles. The molecule has 2 aromatic rings. The maximum atomic E-state index is 11.8. The molecule has 1 atom stereocenters. The fourth-order valence-electron chi connectivity index (χ4n) is 2.60. The van der Waals surface area contributed by atoms with Crippen LogP contribution in [0.25, 0.3) is 11.0 Å². The molecule has 0 aliphatic rings. The summed E-state index contributed by atoms with van der Waals surface area (Å²) in [5.74, 6) is 0.0633. The van der Waals surface area contributed by atoms with E-state index >= 15 is 0 Å². The molecule has 1 heterocycles. The van der Waals surface area contributed by atoms with E-state index in [9.17, 15) is 14.7 Å². The molecule has 3 N–H and O–H groups in total. The molecular formula is C17H23N2O4+. The number of fused-ring (bicyclic) bond motifs is 1. The molecule has 6 nitrogen and oxygen atoms in total. The summed E-state index contributed by atoms with van der Waals surface area (Å²) in [6, 6.07) is 4.87. The number of phenols is 1. The summed E-state index contributed by atoms with van der Waals surface area (Å²) >= 11 is 0. The Morgan fingerprint density at radius 1 is 1.39 bits per heavy atom. The van der Waals surface area contributed by atoms with E-state index in [-0.39, 0.29) is 17.7 Å². The zero-order valence-corrected chi connectivity index (χ0v) is 13.9. The van der Waals surface area contributed by atoms with Crippen LogP contribution in [0, 0.1) is 6.92 Å².